The lowest BCUT2D eigenvalue weighted by Gasteiger charge is -2.10. The fraction of sp³-hybridized carbons (Fsp3) is 0.533. The number of rotatable bonds is 11. The average Bonchev–Trinajstić information content (AvgIpc) is 2.53. The SMILES string of the molecule is CCCCCC(CC(C=NNc1ccccc1)[N+](=O)[O-])[N+](=O)[O-]. The molecule has 8 nitrogen and oxygen atoms in total. The summed E-state index contributed by atoms with van der Waals surface area (Å²) < 4.78 is 0. The van der Waals surface area contributed by atoms with Gasteiger partial charge in [0.15, 0.2) is 0 Å². The Balaban J connectivity index is 2.61. The van der Waals surface area contributed by atoms with Gasteiger partial charge in [0.1, 0.15) is 0 Å². The molecule has 0 saturated carbocycles. The number of benzene rings is 1. The van der Waals surface area contributed by atoms with Gasteiger partial charge in [-0.3, -0.25) is 25.7 Å². The van der Waals surface area contributed by atoms with Crippen LogP contribution in [0.15, 0.2) is 35.4 Å². The Morgan fingerprint density at radius 1 is 1.17 bits per heavy atom. The van der Waals surface area contributed by atoms with Crippen LogP contribution in [-0.2, 0) is 0 Å². The molecule has 126 valence electrons. The third-order valence-corrected chi connectivity index (χ3v) is 3.44. The number of nitrogens with one attached hydrogen (secondary N) is 1. The first kappa shape index (κ1) is 18.5. The number of nitrogens with zero attached hydrogens (tertiary/aromatic N) is 3. The lowest BCUT2D eigenvalue weighted by Crippen LogP contribution is -2.31. The van der Waals surface area contributed by atoms with Gasteiger partial charge in [0, 0.05) is 16.3 Å². The van der Waals surface area contributed by atoms with Gasteiger partial charge < -0.3 is 0 Å². The first-order valence-electron chi connectivity index (χ1n) is 7.65. The Labute approximate surface area is 134 Å². The summed E-state index contributed by atoms with van der Waals surface area (Å²) in [6.07, 6.45) is 3.87. The first-order valence-corrected chi connectivity index (χ1v) is 7.65. The number of anilines is 1. The summed E-state index contributed by atoms with van der Waals surface area (Å²) in [5, 5.41) is 26.0. The van der Waals surface area contributed by atoms with E-state index in [2.05, 4.69) is 10.5 Å². The Hall–Kier alpha value is -2.51. The van der Waals surface area contributed by atoms with Crippen LogP contribution < -0.4 is 5.43 Å². The van der Waals surface area contributed by atoms with Crippen molar-refractivity contribution in [1.82, 2.24) is 0 Å². The highest BCUT2D eigenvalue weighted by Gasteiger charge is 2.30. The van der Waals surface area contributed by atoms with E-state index < -0.39 is 21.9 Å². The van der Waals surface area contributed by atoms with Crippen molar-refractivity contribution in [2.24, 2.45) is 5.10 Å². The van der Waals surface area contributed by atoms with Crippen molar-refractivity contribution >= 4 is 11.9 Å². The van der Waals surface area contributed by atoms with Crippen LogP contribution >= 0.6 is 0 Å². The number of hydrogen-bond acceptors (Lipinski definition) is 6. The van der Waals surface area contributed by atoms with Crippen LogP contribution in [0.2, 0.25) is 0 Å². The molecule has 1 N–H and O–H groups in total. The third kappa shape index (κ3) is 7.35. The van der Waals surface area contributed by atoms with Gasteiger partial charge in [-0.2, -0.15) is 5.10 Å². The fourth-order valence-corrected chi connectivity index (χ4v) is 2.13. The zero-order valence-corrected chi connectivity index (χ0v) is 13.1. The molecule has 0 bridgehead atoms. The van der Waals surface area contributed by atoms with E-state index in [0.717, 1.165) is 19.1 Å². The van der Waals surface area contributed by atoms with E-state index in [-0.39, 0.29) is 6.42 Å². The standard InChI is InChI=1S/C15H22N4O4/c1-2-3-5-10-14(18(20)21)11-15(19(22)23)12-16-17-13-8-6-4-7-9-13/h4,6-9,12,14-15,17H,2-3,5,10-11H2,1H3. The number of para-hydroxylation sites is 1. The van der Waals surface area contributed by atoms with Gasteiger partial charge in [0.05, 0.1) is 18.3 Å². The Morgan fingerprint density at radius 3 is 2.43 bits per heavy atom. The normalized spacial score (nSPS) is 13.6. The van der Waals surface area contributed by atoms with Crippen molar-refractivity contribution < 1.29 is 9.85 Å². The predicted molar refractivity (Wildman–Crippen MR) is 88.9 cm³/mol. The zero-order chi connectivity index (χ0) is 17.1. The van der Waals surface area contributed by atoms with Gasteiger partial charge in [-0.25, -0.2) is 0 Å². The van der Waals surface area contributed by atoms with Crippen molar-refractivity contribution in [3.63, 3.8) is 0 Å². The maximum absolute atomic E-state index is 11.1. The van der Waals surface area contributed by atoms with E-state index >= 15 is 0 Å². The number of unbranched alkanes of at least 4 members (excludes halogenated alkanes) is 2. The van der Waals surface area contributed by atoms with Crippen molar-refractivity contribution in [2.75, 3.05) is 5.43 Å². The lowest BCUT2D eigenvalue weighted by molar-refractivity contribution is -0.550. The van der Waals surface area contributed by atoms with Crippen LogP contribution in [0.1, 0.15) is 39.0 Å². The topological polar surface area (TPSA) is 111 Å². The molecule has 0 radical (unpaired) electrons. The molecule has 0 aliphatic carbocycles. The van der Waals surface area contributed by atoms with E-state index in [4.69, 9.17) is 0 Å². The third-order valence-electron chi connectivity index (χ3n) is 3.44. The molecule has 0 heterocycles. The summed E-state index contributed by atoms with van der Waals surface area (Å²) in [6, 6.07) is 6.89. The highest BCUT2D eigenvalue weighted by Crippen LogP contribution is 2.13. The summed E-state index contributed by atoms with van der Waals surface area (Å²) >= 11 is 0. The Morgan fingerprint density at radius 2 is 1.87 bits per heavy atom. The van der Waals surface area contributed by atoms with Crippen LogP contribution in [0.3, 0.4) is 0 Å². The summed E-state index contributed by atoms with van der Waals surface area (Å²) in [5.74, 6) is 0. The van der Waals surface area contributed by atoms with Gasteiger partial charge in [-0.1, -0.05) is 38.0 Å². The van der Waals surface area contributed by atoms with E-state index in [1.54, 1.807) is 24.3 Å². The highest BCUT2D eigenvalue weighted by molar-refractivity contribution is 5.64. The van der Waals surface area contributed by atoms with Gasteiger partial charge in [0.25, 0.3) is 6.04 Å². The molecule has 0 aromatic heterocycles. The van der Waals surface area contributed by atoms with Crippen LogP contribution in [0.5, 0.6) is 0 Å². The maximum Gasteiger partial charge on any atom is 0.256 e. The fourth-order valence-electron chi connectivity index (χ4n) is 2.13. The maximum atomic E-state index is 11.1. The van der Waals surface area contributed by atoms with E-state index in [1.165, 1.54) is 0 Å². The molecule has 0 aliphatic heterocycles. The minimum atomic E-state index is -1.18. The molecule has 2 atom stereocenters. The number of nitro groups is 2. The van der Waals surface area contributed by atoms with E-state index in [0.29, 0.717) is 18.5 Å². The number of hydrogen-bond donors (Lipinski definition) is 1. The molecule has 0 aliphatic rings. The monoisotopic (exact) mass is 322 g/mol. The molecule has 1 rings (SSSR count). The predicted octanol–water partition coefficient (Wildman–Crippen LogP) is 3.35. The van der Waals surface area contributed by atoms with Crippen molar-refractivity contribution in [3.8, 4) is 0 Å². The van der Waals surface area contributed by atoms with Crippen LogP contribution in [-0.4, -0.2) is 28.1 Å². The quantitative estimate of drug-likeness (QED) is 0.291. The van der Waals surface area contributed by atoms with E-state index in [1.807, 2.05) is 13.0 Å². The van der Waals surface area contributed by atoms with Gasteiger partial charge >= 0.3 is 0 Å². The smallest absolute Gasteiger partial charge is 0.256 e. The second-order valence-electron chi connectivity index (χ2n) is 5.28. The Kier molecular flexibility index (Phi) is 8.27. The molecule has 2 unspecified atom stereocenters. The Bertz CT molecular complexity index is 521. The van der Waals surface area contributed by atoms with Crippen molar-refractivity contribution in [3.05, 3.63) is 50.6 Å². The summed E-state index contributed by atoms with van der Waals surface area (Å²) in [7, 11) is 0. The molecule has 0 amide bonds. The van der Waals surface area contributed by atoms with Crippen molar-refractivity contribution in [2.45, 2.75) is 51.1 Å². The second kappa shape index (κ2) is 10.3. The van der Waals surface area contributed by atoms with Crippen LogP contribution in [0.25, 0.3) is 0 Å². The highest BCUT2D eigenvalue weighted by atomic mass is 16.6. The molecule has 0 spiro atoms. The molecule has 1 aromatic rings. The van der Waals surface area contributed by atoms with Crippen LogP contribution in [0, 0.1) is 20.2 Å². The first-order chi connectivity index (χ1) is 11.0. The molecule has 0 saturated heterocycles. The largest absolute Gasteiger partial charge is 0.279 e. The molecule has 1 aromatic carbocycles. The average molecular weight is 322 g/mol. The minimum Gasteiger partial charge on any atom is -0.279 e. The summed E-state index contributed by atoms with van der Waals surface area (Å²) in [5.41, 5.74) is 3.37. The zero-order valence-electron chi connectivity index (χ0n) is 13.1. The van der Waals surface area contributed by atoms with Gasteiger partial charge in [-0.05, 0) is 18.6 Å². The molecular weight excluding hydrogens is 300 g/mol. The minimum absolute atomic E-state index is 0.149. The molecule has 23 heavy (non-hydrogen) atoms. The molecular formula is C15H22N4O4. The summed E-state index contributed by atoms with van der Waals surface area (Å²) in [6.45, 7) is 2.00. The van der Waals surface area contributed by atoms with Gasteiger partial charge in [-0.15, -0.1) is 0 Å². The number of hydrazone groups is 1. The lowest BCUT2D eigenvalue weighted by atomic mass is 10.0. The van der Waals surface area contributed by atoms with E-state index in [9.17, 15) is 20.2 Å². The van der Waals surface area contributed by atoms with Crippen LogP contribution in [0.4, 0.5) is 5.69 Å². The van der Waals surface area contributed by atoms with Gasteiger partial charge in [0.2, 0.25) is 6.04 Å². The summed E-state index contributed by atoms with van der Waals surface area (Å²) in [4.78, 5) is 21.2. The van der Waals surface area contributed by atoms with Crippen molar-refractivity contribution in [1.29, 1.82) is 0 Å². The second-order valence-corrected chi connectivity index (χ2v) is 5.28. The molecule has 0 fully saturated rings. The molecule has 8 heteroatoms.